The number of amides is 2. The minimum Gasteiger partial charge on any atom is -0.392 e. The summed E-state index contributed by atoms with van der Waals surface area (Å²) in [6.45, 7) is 7.23. The molecule has 4 rings (SSSR count). The molecule has 1 fully saturated rings. The van der Waals surface area contributed by atoms with Crippen LogP contribution in [0.1, 0.15) is 60.6 Å². The molecule has 9 heteroatoms. The Morgan fingerprint density at radius 1 is 1.44 bits per heavy atom. The number of fused-ring (bicyclic) bond motifs is 2. The number of nitrogens with zero attached hydrogens (tertiary/aromatic N) is 2. The molecule has 2 aromatic heterocycles. The standard InChI is InChI=1S/C25H36N4O4S/c1-14(22(31)26-10-12-33-5)16-8-9-25(3)13-18-20(15(2)19(25)21(16)30)27-24(34-18)28-23(32)17-7-6-11-29(17)4/h6-7,11,14-16,19,21,30H,8-10,12-13H2,1-5H3,(H,26,31)(H,27,28,32)/t14-,15-,16+,19+,21-,25+/m0/s1. The summed E-state index contributed by atoms with van der Waals surface area (Å²) in [5.41, 5.74) is 1.48. The molecule has 0 spiro atoms. The first-order valence-electron chi connectivity index (χ1n) is 12.0. The van der Waals surface area contributed by atoms with Gasteiger partial charge in [-0.25, -0.2) is 4.98 Å². The number of thiazole rings is 1. The van der Waals surface area contributed by atoms with Crippen molar-refractivity contribution in [1.82, 2.24) is 14.9 Å². The lowest BCUT2D eigenvalue weighted by Gasteiger charge is -2.53. The summed E-state index contributed by atoms with van der Waals surface area (Å²) in [7, 11) is 3.45. The average molecular weight is 489 g/mol. The molecule has 2 amide bonds. The lowest BCUT2D eigenvalue weighted by Crippen LogP contribution is -2.53. The summed E-state index contributed by atoms with van der Waals surface area (Å²) in [6.07, 6.45) is 3.83. The van der Waals surface area contributed by atoms with Gasteiger partial charge >= 0.3 is 0 Å². The first kappa shape index (κ1) is 24.9. The highest BCUT2D eigenvalue weighted by Crippen LogP contribution is 2.57. The molecule has 1 saturated carbocycles. The van der Waals surface area contributed by atoms with Gasteiger partial charge in [-0.15, -0.1) is 11.3 Å². The molecule has 186 valence electrons. The van der Waals surface area contributed by atoms with Crippen LogP contribution in [-0.4, -0.2) is 52.8 Å². The third-order valence-electron chi connectivity index (χ3n) is 7.98. The lowest BCUT2D eigenvalue weighted by atomic mass is 9.53. The van der Waals surface area contributed by atoms with E-state index in [1.54, 1.807) is 17.7 Å². The molecule has 0 aromatic carbocycles. The third kappa shape index (κ3) is 4.53. The Balaban J connectivity index is 1.51. The second-order valence-corrected chi connectivity index (χ2v) is 11.3. The number of anilines is 1. The SMILES string of the molecule is COCCNC(=O)[C@@H](C)[C@H]1CC[C@]2(C)Cc3sc(NC(=O)c4cccn4C)nc3[C@@H](C)[C@@H]2[C@H]1O. The minimum atomic E-state index is -0.590. The van der Waals surface area contributed by atoms with Gasteiger partial charge in [0.1, 0.15) is 5.69 Å². The van der Waals surface area contributed by atoms with Gasteiger partial charge in [0.2, 0.25) is 5.91 Å². The van der Waals surface area contributed by atoms with Gasteiger partial charge in [-0.2, -0.15) is 0 Å². The van der Waals surface area contributed by atoms with Crippen molar-refractivity contribution in [3.05, 3.63) is 34.6 Å². The van der Waals surface area contributed by atoms with Crippen molar-refractivity contribution in [2.24, 2.45) is 30.2 Å². The Labute approximate surface area is 205 Å². The zero-order chi connectivity index (χ0) is 24.6. The minimum absolute atomic E-state index is 0.00602. The zero-order valence-corrected chi connectivity index (χ0v) is 21.4. The van der Waals surface area contributed by atoms with Crippen LogP contribution in [0, 0.1) is 23.2 Å². The van der Waals surface area contributed by atoms with E-state index in [1.165, 1.54) is 16.2 Å². The van der Waals surface area contributed by atoms with Crippen LogP contribution in [-0.2, 0) is 23.0 Å². The van der Waals surface area contributed by atoms with Gasteiger partial charge in [-0.1, -0.05) is 20.8 Å². The fourth-order valence-corrected chi connectivity index (χ4v) is 7.35. The number of aromatic nitrogens is 2. The highest BCUT2D eigenvalue weighted by atomic mass is 32.1. The van der Waals surface area contributed by atoms with Crippen molar-refractivity contribution < 1.29 is 19.4 Å². The molecule has 0 unspecified atom stereocenters. The Kier molecular flexibility index (Phi) is 7.17. The molecule has 0 aliphatic heterocycles. The maximum absolute atomic E-state index is 12.7. The van der Waals surface area contributed by atoms with Crippen LogP contribution in [0.2, 0.25) is 0 Å². The number of carbonyl (C=O) groups excluding carboxylic acids is 2. The highest BCUT2D eigenvalue weighted by molar-refractivity contribution is 7.15. The van der Waals surface area contributed by atoms with Crippen molar-refractivity contribution in [2.45, 2.75) is 52.1 Å². The molecule has 0 saturated heterocycles. The predicted octanol–water partition coefficient (Wildman–Crippen LogP) is 3.19. The zero-order valence-electron chi connectivity index (χ0n) is 20.6. The average Bonchev–Trinajstić information content (AvgIpc) is 3.39. The van der Waals surface area contributed by atoms with E-state index in [0.717, 1.165) is 25.0 Å². The summed E-state index contributed by atoms with van der Waals surface area (Å²) in [4.78, 5) is 31.3. The van der Waals surface area contributed by atoms with Gasteiger partial charge < -0.3 is 19.7 Å². The second-order valence-electron chi connectivity index (χ2n) is 10.2. The quantitative estimate of drug-likeness (QED) is 0.519. The summed E-state index contributed by atoms with van der Waals surface area (Å²) < 4.78 is 6.81. The van der Waals surface area contributed by atoms with Gasteiger partial charge in [-0.05, 0) is 48.6 Å². The van der Waals surface area contributed by atoms with E-state index in [-0.39, 0.29) is 40.9 Å². The normalized spacial score (nSPS) is 29.1. The maximum atomic E-state index is 12.7. The fraction of sp³-hybridized carbons (Fsp3) is 0.640. The van der Waals surface area contributed by atoms with Crippen molar-refractivity contribution in [3.8, 4) is 0 Å². The Morgan fingerprint density at radius 3 is 2.88 bits per heavy atom. The molecule has 0 radical (unpaired) electrons. The van der Waals surface area contributed by atoms with Crippen LogP contribution in [0.25, 0.3) is 0 Å². The largest absolute Gasteiger partial charge is 0.392 e. The van der Waals surface area contributed by atoms with Crippen LogP contribution in [0.15, 0.2) is 18.3 Å². The van der Waals surface area contributed by atoms with Crippen LogP contribution in [0.3, 0.4) is 0 Å². The molecule has 6 atom stereocenters. The molecule has 0 bridgehead atoms. The topological polar surface area (TPSA) is 105 Å². The molecular formula is C25H36N4O4S. The predicted molar refractivity (Wildman–Crippen MR) is 132 cm³/mol. The Hall–Kier alpha value is -2.23. The molecule has 2 heterocycles. The van der Waals surface area contributed by atoms with E-state index >= 15 is 0 Å². The monoisotopic (exact) mass is 488 g/mol. The summed E-state index contributed by atoms with van der Waals surface area (Å²) in [5.74, 6) is -0.546. The molecular weight excluding hydrogens is 452 g/mol. The number of hydrogen-bond acceptors (Lipinski definition) is 6. The first-order chi connectivity index (χ1) is 16.2. The second kappa shape index (κ2) is 9.79. The molecule has 8 nitrogen and oxygen atoms in total. The molecule has 2 aromatic rings. The number of methoxy groups -OCH3 is 1. The molecule has 2 aliphatic rings. The van der Waals surface area contributed by atoms with Crippen molar-refractivity contribution in [2.75, 3.05) is 25.6 Å². The number of aliphatic hydroxyl groups is 1. The number of hydrogen-bond donors (Lipinski definition) is 3. The van der Waals surface area contributed by atoms with Crippen molar-refractivity contribution in [1.29, 1.82) is 0 Å². The van der Waals surface area contributed by atoms with Crippen molar-refractivity contribution >= 4 is 28.3 Å². The molecule has 3 N–H and O–H groups in total. The smallest absolute Gasteiger partial charge is 0.274 e. The van der Waals surface area contributed by atoms with E-state index in [4.69, 9.17) is 9.72 Å². The number of nitrogens with one attached hydrogen (secondary N) is 2. The number of carbonyl (C=O) groups is 2. The number of rotatable bonds is 7. The molecule has 2 aliphatic carbocycles. The lowest BCUT2D eigenvalue weighted by molar-refractivity contribution is -0.135. The number of ether oxygens (including phenoxy) is 1. The first-order valence-corrected chi connectivity index (χ1v) is 12.8. The summed E-state index contributed by atoms with van der Waals surface area (Å²) >= 11 is 1.54. The van der Waals surface area contributed by atoms with Gasteiger partial charge in [0.05, 0.1) is 18.4 Å². The Bertz CT molecular complexity index is 1050. The van der Waals surface area contributed by atoms with Gasteiger partial charge in [0, 0.05) is 43.6 Å². The van der Waals surface area contributed by atoms with E-state index < -0.39 is 6.10 Å². The third-order valence-corrected chi connectivity index (χ3v) is 8.97. The number of aliphatic hydroxyl groups excluding tert-OH is 1. The van der Waals surface area contributed by atoms with Crippen LogP contribution < -0.4 is 10.6 Å². The molecule has 34 heavy (non-hydrogen) atoms. The van der Waals surface area contributed by atoms with Crippen molar-refractivity contribution in [3.63, 3.8) is 0 Å². The number of aryl methyl sites for hydroxylation is 1. The van der Waals surface area contributed by atoms with Gasteiger partial charge in [-0.3, -0.25) is 14.9 Å². The Morgan fingerprint density at radius 2 is 2.21 bits per heavy atom. The van der Waals surface area contributed by atoms with E-state index in [2.05, 4.69) is 24.5 Å². The maximum Gasteiger partial charge on any atom is 0.274 e. The van der Waals surface area contributed by atoms with E-state index in [0.29, 0.717) is 24.0 Å². The fourth-order valence-electron chi connectivity index (χ4n) is 6.09. The van der Waals surface area contributed by atoms with Gasteiger partial charge in [0.25, 0.3) is 5.91 Å². The summed E-state index contributed by atoms with van der Waals surface area (Å²) in [5, 5.41) is 18.0. The highest BCUT2D eigenvalue weighted by Gasteiger charge is 2.53. The summed E-state index contributed by atoms with van der Waals surface area (Å²) in [6, 6.07) is 3.62. The van der Waals surface area contributed by atoms with Gasteiger partial charge in [0.15, 0.2) is 5.13 Å². The van der Waals surface area contributed by atoms with E-state index in [1.807, 2.05) is 26.2 Å². The van der Waals surface area contributed by atoms with E-state index in [9.17, 15) is 14.7 Å². The van der Waals surface area contributed by atoms with Crippen LogP contribution in [0.5, 0.6) is 0 Å². The van der Waals surface area contributed by atoms with Crippen LogP contribution in [0.4, 0.5) is 5.13 Å². The van der Waals surface area contributed by atoms with Crippen LogP contribution >= 0.6 is 11.3 Å².